The van der Waals surface area contributed by atoms with Crippen molar-refractivity contribution >= 4 is 0 Å². The molecule has 0 radical (unpaired) electrons. The van der Waals surface area contributed by atoms with Crippen LogP contribution in [-0.4, -0.2) is 9.94 Å². The molecule has 98 valence electrons. The van der Waals surface area contributed by atoms with E-state index in [-0.39, 0.29) is 5.82 Å². The van der Waals surface area contributed by atoms with Crippen molar-refractivity contribution in [2.24, 2.45) is 0 Å². The first-order valence-electron chi connectivity index (χ1n) is 6.24. The van der Waals surface area contributed by atoms with Gasteiger partial charge in [0.25, 0.3) is 11.4 Å². The predicted molar refractivity (Wildman–Crippen MR) is 67.1 cm³/mol. The number of rotatable bonds is 1. The fraction of sp³-hybridized carbons (Fsp3) is 0.286. The topological polar surface area (TPSA) is 48.1 Å². The lowest BCUT2D eigenvalue weighted by atomic mass is 10.1. The Morgan fingerprint density at radius 1 is 1.26 bits per heavy atom. The van der Waals surface area contributed by atoms with E-state index in [4.69, 9.17) is 0 Å². The number of benzene rings is 1. The van der Waals surface area contributed by atoms with E-state index in [1.54, 1.807) is 19.1 Å². The molecule has 1 aromatic carbocycles. The van der Waals surface area contributed by atoms with Gasteiger partial charge in [-0.2, -0.15) is 4.73 Å². The van der Waals surface area contributed by atoms with Crippen LogP contribution in [0, 0.1) is 17.6 Å². The summed E-state index contributed by atoms with van der Waals surface area (Å²) >= 11 is 0. The zero-order valence-electron chi connectivity index (χ0n) is 10.6. The second-order valence-corrected chi connectivity index (χ2v) is 4.79. The maximum atomic E-state index is 13.0. The Hall–Kier alpha value is -2.17. The zero-order valence-corrected chi connectivity index (χ0v) is 10.6. The van der Waals surface area contributed by atoms with Crippen LogP contribution in [0.15, 0.2) is 24.3 Å². The molecule has 1 heterocycles. The lowest BCUT2D eigenvalue weighted by Gasteiger charge is -2.07. The summed E-state index contributed by atoms with van der Waals surface area (Å²) in [4.78, 5) is 12.4. The molecule has 0 amide bonds. The summed E-state index contributed by atoms with van der Waals surface area (Å²) in [5.41, 5.74) is 2.74. The van der Waals surface area contributed by atoms with E-state index >= 15 is 0 Å². The average molecular weight is 261 g/mol. The SMILES string of the molecule is Cc1c(-c2ccc(F)cc2)[n+](=O)c2c(n1O)CCC2. The molecule has 0 unspecified atom stereocenters. The number of hydrogen-bond acceptors (Lipinski definition) is 2. The van der Waals surface area contributed by atoms with Gasteiger partial charge in [-0.15, -0.1) is 0 Å². The third-order valence-electron chi connectivity index (χ3n) is 3.64. The minimum atomic E-state index is -0.350. The Balaban J connectivity index is 2.30. The monoisotopic (exact) mass is 261 g/mol. The minimum absolute atomic E-state index is 0.350. The van der Waals surface area contributed by atoms with Crippen molar-refractivity contribution in [3.8, 4) is 11.3 Å². The van der Waals surface area contributed by atoms with E-state index in [9.17, 15) is 14.5 Å². The molecular weight excluding hydrogens is 247 g/mol. The van der Waals surface area contributed by atoms with Crippen molar-refractivity contribution in [3.05, 3.63) is 52.1 Å². The van der Waals surface area contributed by atoms with Gasteiger partial charge in [0.2, 0.25) is 0 Å². The van der Waals surface area contributed by atoms with Crippen molar-refractivity contribution in [2.75, 3.05) is 0 Å². The smallest absolute Gasteiger partial charge is 0.292 e. The number of aromatic nitrogens is 2. The standard InChI is InChI=1S/C14H14FN2O2/c1-9-14(10-5-7-11(15)8-6-10)17(19)13-4-2-3-12(13)16(9)18/h5-8,18H,2-4H2,1H3/q+1. The highest BCUT2D eigenvalue weighted by molar-refractivity contribution is 5.58. The molecule has 0 bridgehead atoms. The molecule has 1 aliphatic rings. The van der Waals surface area contributed by atoms with E-state index in [0.29, 0.717) is 41.2 Å². The van der Waals surface area contributed by atoms with Gasteiger partial charge in [-0.3, -0.25) is 0 Å². The second-order valence-electron chi connectivity index (χ2n) is 4.79. The Kier molecular flexibility index (Phi) is 2.62. The molecule has 0 saturated carbocycles. The highest BCUT2D eigenvalue weighted by Gasteiger charge is 2.31. The molecule has 1 aromatic heterocycles. The second kappa shape index (κ2) is 4.19. The van der Waals surface area contributed by atoms with E-state index < -0.39 is 0 Å². The number of halogens is 1. The van der Waals surface area contributed by atoms with Crippen molar-refractivity contribution in [1.82, 2.24) is 4.73 Å². The van der Waals surface area contributed by atoms with Gasteiger partial charge in [0.1, 0.15) is 17.2 Å². The Morgan fingerprint density at radius 2 is 1.95 bits per heavy atom. The van der Waals surface area contributed by atoms with Crippen molar-refractivity contribution < 1.29 is 14.0 Å². The summed E-state index contributed by atoms with van der Waals surface area (Å²) < 4.78 is 14.9. The van der Waals surface area contributed by atoms with Crippen LogP contribution in [0.1, 0.15) is 23.5 Å². The van der Waals surface area contributed by atoms with Crippen molar-refractivity contribution in [3.63, 3.8) is 0 Å². The van der Waals surface area contributed by atoms with E-state index in [1.807, 2.05) is 0 Å². The molecule has 0 fully saturated rings. The summed E-state index contributed by atoms with van der Waals surface area (Å²) in [6.07, 6.45) is 2.23. The predicted octanol–water partition coefficient (Wildman–Crippen LogP) is 2.24. The van der Waals surface area contributed by atoms with Crippen molar-refractivity contribution in [2.45, 2.75) is 26.2 Å². The quantitative estimate of drug-likeness (QED) is 0.632. The minimum Gasteiger partial charge on any atom is -0.428 e. The molecule has 0 aliphatic heterocycles. The largest absolute Gasteiger partial charge is 0.428 e. The van der Waals surface area contributed by atoms with Crippen LogP contribution in [0.25, 0.3) is 11.3 Å². The highest BCUT2D eigenvalue weighted by Crippen LogP contribution is 2.25. The third-order valence-corrected chi connectivity index (χ3v) is 3.64. The number of fused-ring (bicyclic) bond motifs is 1. The van der Waals surface area contributed by atoms with Gasteiger partial charge in [-0.25, -0.2) is 4.39 Å². The third kappa shape index (κ3) is 1.73. The molecule has 19 heavy (non-hydrogen) atoms. The maximum absolute atomic E-state index is 13.0. The lowest BCUT2D eigenvalue weighted by Crippen LogP contribution is -2.29. The van der Waals surface area contributed by atoms with Gasteiger partial charge < -0.3 is 5.21 Å². The van der Waals surface area contributed by atoms with Gasteiger partial charge in [0, 0.05) is 11.3 Å². The van der Waals surface area contributed by atoms with Crippen LogP contribution in [0.4, 0.5) is 4.39 Å². The average Bonchev–Trinajstić information content (AvgIpc) is 2.88. The Bertz CT molecular complexity index is 705. The van der Waals surface area contributed by atoms with Crippen LogP contribution < -0.4 is 4.43 Å². The Morgan fingerprint density at radius 3 is 2.63 bits per heavy atom. The number of nitrogens with zero attached hydrogens (tertiary/aromatic N) is 2. The summed E-state index contributed by atoms with van der Waals surface area (Å²) in [5.74, 6) is -0.350. The van der Waals surface area contributed by atoms with Gasteiger partial charge in [-0.1, -0.05) is 0 Å². The molecule has 1 N–H and O–H groups in total. The van der Waals surface area contributed by atoms with Gasteiger partial charge in [0.05, 0.1) is 9.99 Å². The summed E-state index contributed by atoms with van der Waals surface area (Å²) in [7, 11) is 0. The maximum Gasteiger partial charge on any atom is 0.292 e. The Labute approximate surface area is 109 Å². The van der Waals surface area contributed by atoms with Crippen LogP contribution in [0.2, 0.25) is 0 Å². The van der Waals surface area contributed by atoms with Crippen LogP contribution in [0.3, 0.4) is 0 Å². The van der Waals surface area contributed by atoms with E-state index in [1.165, 1.54) is 12.1 Å². The molecular formula is C14H14FN2O2+. The molecule has 5 heteroatoms. The summed E-state index contributed by atoms with van der Waals surface area (Å²) in [5, 5.41) is 10.1. The van der Waals surface area contributed by atoms with Gasteiger partial charge >= 0.3 is 0 Å². The van der Waals surface area contributed by atoms with E-state index in [0.717, 1.165) is 15.6 Å². The van der Waals surface area contributed by atoms with E-state index in [2.05, 4.69) is 0 Å². The van der Waals surface area contributed by atoms with Crippen LogP contribution >= 0.6 is 0 Å². The first kappa shape index (κ1) is 11.9. The summed E-state index contributed by atoms with van der Waals surface area (Å²) in [6.45, 7) is 1.69. The molecule has 4 nitrogen and oxygen atoms in total. The van der Waals surface area contributed by atoms with Gasteiger partial charge in [0.15, 0.2) is 0 Å². The molecule has 3 rings (SSSR count). The number of hydrogen-bond donors (Lipinski definition) is 1. The first-order chi connectivity index (χ1) is 9.09. The van der Waals surface area contributed by atoms with Gasteiger partial charge in [-0.05, 0) is 44.0 Å². The lowest BCUT2D eigenvalue weighted by molar-refractivity contribution is -0.494. The summed E-state index contributed by atoms with van der Waals surface area (Å²) in [6, 6.07) is 5.72. The normalized spacial score (nSPS) is 13.6. The molecule has 1 aliphatic carbocycles. The molecule has 0 atom stereocenters. The zero-order chi connectivity index (χ0) is 13.6. The molecule has 2 aromatic rings. The molecule has 0 spiro atoms. The van der Waals surface area contributed by atoms with Crippen molar-refractivity contribution in [1.29, 1.82) is 0 Å². The first-order valence-corrected chi connectivity index (χ1v) is 6.24. The van der Waals surface area contributed by atoms with Crippen LogP contribution in [0.5, 0.6) is 0 Å². The molecule has 0 saturated heterocycles. The highest BCUT2D eigenvalue weighted by atomic mass is 19.1. The fourth-order valence-electron chi connectivity index (χ4n) is 2.68. The fourth-order valence-corrected chi connectivity index (χ4v) is 2.68. The van der Waals surface area contributed by atoms with Crippen LogP contribution in [-0.2, 0) is 12.8 Å².